The number of benzene rings is 1. The fourth-order valence-corrected chi connectivity index (χ4v) is 3.25. The molecule has 3 rings (SSSR count). The fourth-order valence-electron chi connectivity index (χ4n) is 3.25. The number of nitrogens with one attached hydrogen (secondary N) is 2. The Hall–Kier alpha value is -1.65. The van der Waals surface area contributed by atoms with Crippen LogP contribution in [0.2, 0.25) is 0 Å². The molecule has 1 aromatic carbocycles. The lowest BCUT2D eigenvalue weighted by Gasteiger charge is -2.21. The Labute approximate surface area is 202 Å². The van der Waals surface area contributed by atoms with Crippen LogP contribution in [0.15, 0.2) is 39.9 Å². The molecule has 172 valence electrons. The number of hydrogen-bond acceptors (Lipinski definition) is 5. The van der Waals surface area contributed by atoms with Gasteiger partial charge in [-0.15, -0.1) is 24.0 Å². The highest BCUT2D eigenvalue weighted by molar-refractivity contribution is 14.0. The van der Waals surface area contributed by atoms with Crippen LogP contribution in [0.1, 0.15) is 37.4 Å². The van der Waals surface area contributed by atoms with E-state index < -0.39 is 0 Å². The second-order valence-electron chi connectivity index (χ2n) is 7.62. The molecule has 1 saturated heterocycles. The van der Waals surface area contributed by atoms with E-state index >= 15 is 0 Å². The standard InChI is InChI=1S/C23H34N4O3.HI/c1-3-24-23(25-11-4-12-29-16-19-9-13-28-14-10-19)26-15-21-17-30-22(27-21)20-7-5-18(2)6-8-20;/h5-8,17,19H,3-4,9-16H2,1-2H3,(H2,24,25,26);1H. The van der Waals surface area contributed by atoms with Gasteiger partial charge < -0.3 is 24.5 Å². The average Bonchev–Trinajstić information content (AvgIpc) is 3.24. The number of nitrogens with zero attached hydrogens (tertiary/aromatic N) is 2. The van der Waals surface area contributed by atoms with Gasteiger partial charge in [0.1, 0.15) is 12.0 Å². The van der Waals surface area contributed by atoms with Crippen LogP contribution in [0.4, 0.5) is 0 Å². The van der Waals surface area contributed by atoms with E-state index in [4.69, 9.17) is 13.9 Å². The molecule has 1 aliphatic rings. The van der Waals surface area contributed by atoms with Crippen molar-refractivity contribution in [3.63, 3.8) is 0 Å². The molecule has 2 heterocycles. The van der Waals surface area contributed by atoms with Crippen LogP contribution in [0, 0.1) is 12.8 Å². The molecule has 1 aliphatic heterocycles. The van der Waals surface area contributed by atoms with Crippen LogP contribution in [-0.4, -0.2) is 50.5 Å². The molecule has 0 aliphatic carbocycles. The zero-order valence-corrected chi connectivity index (χ0v) is 20.9. The van der Waals surface area contributed by atoms with Crippen LogP contribution in [-0.2, 0) is 16.0 Å². The Morgan fingerprint density at radius 3 is 2.71 bits per heavy atom. The summed E-state index contributed by atoms with van der Waals surface area (Å²) in [6, 6.07) is 8.14. The normalized spacial score (nSPS) is 14.8. The molecule has 0 spiro atoms. The van der Waals surface area contributed by atoms with Crippen LogP contribution in [0.25, 0.3) is 11.5 Å². The summed E-state index contributed by atoms with van der Waals surface area (Å²) in [7, 11) is 0. The molecular formula is C23H35IN4O3. The van der Waals surface area contributed by atoms with Gasteiger partial charge >= 0.3 is 0 Å². The summed E-state index contributed by atoms with van der Waals surface area (Å²) in [5.41, 5.74) is 3.00. The number of aliphatic imine (C=N–C) groups is 1. The predicted octanol–water partition coefficient (Wildman–Crippen LogP) is 4.16. The third kappa shape index (κ3) is 9.16. The summed E-state index contributed by atoms with van der Waals surface area (Å²) >= 11 is 0. The molecule has 0 bridgehead atoms. The van der Waals surface area contributed by atoms with Gasteiger partial charge in [-0.3, -0.25) is 0 Å². The van der Waals surface area contributed by atoms with E-state index in [2.05, 4.69) is 46.6 Å². The maximum Gasteiger partial charge on any atom is 0.226 e. The van der Waals surface area contributed by atoms with Crippen LogP contribution >= 0.6 is 24.0 Å². The quantitative estimate of drug-likeness (QED) is 0.203. The predicted molar refractivity (Wildman–Crippen MR) is 134 cm³/mol. The van der Waals surface area contributed by atoms with Crippen molar-refractivity contribution in [2.75, 3.05) is 39.5 Å². The number of guanidine groups is 1. The van der Waals surface area contributed by atoms with E-state index in [9.17, 15) is 0 Å². The Balaban J connectivity index is 0.00000341. The molecule has 0 atom stereocenters. The first-order chi connectivity index (χ1) is 14.7. The van der Waals surface area contributed by atoms with E-state index in [1.165, 1.54) is 5.56 Å². The Bertz CT molecular complexity index is 773. The van der Waals surface area contributed by atoms with E-state index in [0.29, 0.717) is 18.4 Å². The highest BCUT2D eigenvalue weighted by atomic mass is 127. The maximum absolute atomic E-state index is 5.82. The number of oxazole rings is 1. The maximum atomic E-state index is 5.82. The minimum atomic E-state index is 0. The second-order valence-corrected chi connectivity index (χ2v) is 7.62. The third-order valence-electron chi connectivity index (χ3n) is 5.05. The molecule has 8 heteroatoms. The van der Waals surface area contributed by atoms with Crippen molar-refractivity contribution >= 4 is 29.9 Å². The summed E-state index contributed by atoms with van der Waals surface area (Å²) < 4.78 is 16.8. The zero-order chi connectivity index (χ0) is 21.0. The minimum absolute atomic E-state index is 0. The molecule has 0 amide bonds. The number of halogens is 1. The van der Waals surface area contributed by atoms with Gasteiger partial charge in [0, 0.05) is 45.1 Å². The zero-order valence-electron chi connectivity index (χ0n) is 18.6. The number of aromatic nitrogens is 1. The molecule has 2 N–H and O–H groups in total. The molecule has 2 aromatic rings. The molecule has 0 saturated carbocycles. The van der Waals surface area contributed by atoms with Crippen molar-refractivity contribution < 1.29 is 13.9 Å². The first-order valence-corrected chi connectivity index (χ1v) is 10.9. The fraction of sp³-hybridized carbons (Fsp3) is 0.565. The molecule has 0 radical (unpaired) electrons. The highest BCUT2D eigenvalue weighted by Crippen LogP contribution is 2.19. The molecule has 1 fully saturated rings. The Kier molecular flexibility index (Phi) is 11.9. The lowest BCUT2D eigenvalue weighted by atomic mass is 10.0. The van der Waals surface area contributed by atoms with Gasteiger partial charge in [0.25, 0.3) is 0 Å². The van der Waals surface area contributed by atoms with Crippen LogP contribution in [0.5, 0.6) is 0 Å². The first-order valence-electron chi connectivity index (χ1n) is 10.9. The van der Waals surface area contributed by atoms with Gasteiger partial charge in [0.2, 0.25) is 5.89 Å². The van der Waals surface area contributed by atoms with Crippen molar-refractivity contribution in [1.29, 1.82) is 0 Å². The summed E-state index contributed by atoms with van der Waals surface area (Å²) in [5.74, 6) is 2.06. The molecule has 7 nitrogen and oxygen atoms in total. The van der Waals surface area contributed by atoms with E-state index in [1.54, 1.807) is 6.26 Å². The van der Waals surface area contributed by atoms with Crippen molar-refractivity contribution in [2.24, 2.45) is 10.9 Å². The minimum Gasteiger partial charge on any atom is -0.444 e. The number of hydrogen-bond donors (Lipinski definition) is 2. The summed E-state index contributed by atoms with van der Waals surface area (Å²) in [5, 5.41) is 6.62. The first kappa shape index (κ1) is 25.6. The molecule has 31 heavy (non-hydrogen) atoms. The third-order valence-corrected chi connectivity index (χ3v) is 5.05. The van der Waals surface area contributed by atoms with Gasteiger partial charge in [0.05, 0.1) is 6.54 Å². The largest absolute Gasteiger partial charge is 0.444 e. The lowest BCUT2D eigenvalue weighted by molar-refractivity contribution is 0.0203. The molecule has 0 unspecified atom stereocenters. The summed E-state index contributed by atoms with van der Waals surface area (Å²) in [6.45, 7) is 9.54. The number of rotatable bonds is 10. The lowest BCUT2D eigenvalue weighted by Crippen LogP contribution is -2.38. The topological polar surface area (TPSA) is 80.9 Å². The highest BCUT2D eigenvalue weighted by Gasteiger charge is 2.13. The Morgan fingerprint density at radius 2 is 1.97 bits per heavy atom. The second kappa shape index (κ2) is 14.4. The van der Waals surface area contributed by atoms with Crippen LogP contribution < -0.4 is 10.6 Å². The van der Waals surface area contributed by atoms with Gasteiger partial charge in [-0.2, -0.15) is 0 Å². The van der Waals surface area contributed by atoms with Gasteiger partial charge in [-0.05, 0) is 51.2 Å². The monoisotopic (exact) mass is 542 g/mol. The van der Waals surface area contributed by atoms with Crippen molar-refractivity contribution in [3.05, 3.63) is 41.8 Å². The molecule has 1 aromatic heterocycles. The van der Waals surface area contributed by atoms with E-state index in [1.807, 2.05) is 12.1 Å². The number of ether oxygens (including phenoxy) is 2. The van der Waals surface area contributed by atoms with Gasteiger partial charge in [0.15, 0.2) is 5.96 Å². The van der Waals surface area contributed by atoms with Crippen molar-refractivity contribution in [2.45, 2.75) is 39.7 Å². The van der Waals surface area contributed by atoms with Crippen molar-refractivity contribution in [1.82, 2.24) is 15.6 Å². The van der Waals surface area contributed by atoms with E-state index in [-0.39, 0.29) is 24.0 Å². The Morgan fingerprint density at radius 1 is 1.19 bits per heavy atom. The van der Waals surface area contributed by atoms with Gasteiger partial charge in [-0.25, -0.2) is 9.98 Å². The smallest absolute Gasteiger partial charge is 0.226 e. The average molecular weight is 542 g/mol. The summed E-state index contributed by atoms with van der Waals surface area (Å²) in [6.07, 6.45) is 4.84. The van der Waals surface area contributed by atoms with Gasteiger partial charge in [-0.1, -0.05) is 17.7 Å². The number of aryl methyl sites for hydroxylation is 1. The van der Waals surface area contributed by atoms with Crippen LogP contribution in [0.3, 0.4) is 0 Å². The van der Waals surface area contributed by atoms with Crippen molar-refractivity contribution in [3.8, 4) is 11.5 Å². The summed E-state index contributed by atoms with van der Waals surface area (Å²) in [4.78, 5) is 9.16. The molecular weight excluding hydrogens is 507 g/mol. The SMILES string of the molecule is CCNC(=NCc1coc(-c2ccc(C)cc2)n1)NCCCOCC1CCOCC1.I. The van der Waals surface area contributed by atoms with E-state index in [0.717, 1.165) is 76.0 Å².